The molecule has 1 aromatic heterocycles. The lowest BCUT2D eigenvalue weighted by Gasteiger charge is -2.11. The van der Waals surface area contributed by atoms with Crippen LogP contribution >= 0.6 is 34.8 Å². The molecule has 0 spiro atoms. The van der Waals surface area contributed by atoms with Crippen LogP contribution in [0.2, 0.25) is 15.1 Å². The zero-order chi connectivity index (χ0) is 22.1. The molecular formula is C23H15Cl3FN3O. The molecule has 1 amide bonds. The molecule has 4 nitrogen and oxygen atoms in total. The van der Waals surface area contributed by atoms with E-state index in [0.717, 1.165) is 5.56 Å². The monoisotopic (exact) mass is 473 g/mol. The number of hydrogen-bond acceptors (Lipinski definition) is 2. The van der Waals surface area contributed by atoms with E-state index in [9.17, 15) is 9.18 Å². The Hall–Kier alpha value is -2.86. The number of nitrogens with zero attached hydrogens (tertiary/aromatic N) is 2. The zero-order valence-electron chi connectivity index (χ0n) is 16.2. The van der Waals surface area contributed by atoms with Crippen molar-refractivity contribution < 1.29 is 9.18 Å². The molecule has 0 atom stereocenters. The highest BCUT2D eigenvalue weighted by Crippen LogP contribution is 2.33. The van der Waals surface area contributed by atoms with Gasteiger partial charge in [-0.15, -0.1) is 0 Å². The van der Waals surface area contributed by atoms with Crippen LogP contribution in [0.3, 0.4) is 0 Å². The number of amides is 1. The van der Waals surface area contributed by atoms with Crippen LogP contribution in [0.5, 0.6) is 0 Å². The van der Waals surface area contributed by atoms with Gasteiger partial charge < -0.3 is 5.32 Å². The molecule has 0 aliphatic carbocycles. The summed E-state index contributed by atoms with van der Waals surface area (Å²) in [6.07, 6.45) is 0. The molecular weight excluding hydrogens is 460 g/mol. The highest BCUT2D eigenvalue weighted by atomic mass is 35.5. The molecule has 0 saturated heterocycles. The van der Waals surface area contributed by atoms with Gasteiger partial charge in [-0.25, -0.2) is 9.07 Å². The average Bonchev–Trinajstić information content (AvgIpc) is 3.07. The molecule has 8 heteroatoms. The zero-order valence-corrected chi connectivity index (χ0v) is 18.4. The summed E-state index contributed by atoms with van der Waals surface area (Å²) < 4.78 is 14.8. The Morgan fingerprint density at radius 3 is 2.23 bits per heavy atom. The van der Waals surface area contributed by atoms with Crippen molar-refractivity contribution in [3.8, 4) is 16.9 Å². The summed E-state index contributed by atoms with van der Waals surface area (Å²) in [6.45, 7) is 1.80. The van der Waals surface area contributed by atoms with Crippen LogP contribution in [-0.4, -0.2) is 15.7 Å². The molecule has 0 radical (unpaired) electrons. The number of nitrogens with one attached hydrogen (secondary N) is 1. The largest absolute Gasteiger partial charge is 0.321 e. The Balaban J connectivity index is 1.84. The second kappa shape index (κ2) is 8.71. The molecule has 0 aliphatic rings. The Bertz CT molecular complexity index is 1270. The molecule has 31 heavy (non-hydrogen) atoms. The molecule has 0 unspecified atom stereocenters. The second-order valence-corrected chi connectivity index (χ2v) is 8.08. The molecule has 4 aromatic rings. The minimum atomic E-state index is -0.428. The van der Waals surface area contributed by atoms with E-state index in [1.54, 1.807) is 41.9 Å². The van der Waals surface area contributed by atoms with E-state index in [0.29, 0.717) is 37.7 Å². The molecule has 1 N–H and O–H groups in total. The Morgan fingerprint density at radius 2 is 1.58 bits per heavy atom. The summed E-state index contributed by atoms with van der Waals surface area (Å²) in [5.74, 6) is -0.816. The highest BCUT2D eigenvalue weighted by Gasteiger charge is 2.23. The Morgan fingerprint density at radius 1 is 0.935 bits per heavy atom. The van der Waals surface area contributed by atoms with Crippen molar-refractivity contribution >= 4 is 46.4 Å². The number of halogens is 4. The molecule has 1 heterocycles. The number of carbonyl (C=O) groups is 1. The minimum Gasteiger partial charge on any atom is -0.321 e. The first-order valence-corrected chi connectivity index (χ1v) is 10.3. The smallest absolute Gasteiger partial charge is 0.276 e. The maximum Gasteiger partial charge on any atom is 0.276 e. The fourth-order valence-corrected chi connectivity index (χ4v) is 3.82. The summed E-state index contributed by atoms with van der Waals surface area (Å²) in [5, 5.41) is 8.76. The van der Waals surface area contributed by atoms with Gasteiger partial charge in [-0.05, 0) is 61.5 Å². The summed E-state index contributed by atoms with van der Waals surface area (Å²) >= 11 is 18.5. The lowest BCUT2D eigenvalue weighted by molar-refractivity contribution is 0.102. The summed E-state index contributed by atoms with van der Waals surface area (Å²) in [4.78, 5) is 13.0. The molecule has 156 valence electrons. The van der Waals surface area contributed by atoms with Gasteiger partial charge in [0.05, 0.1) is 16.4 Å². The summed E-state index contributed by atoms with van der Waals surface area (Å²) in [6, 6.07) is 17.8. The van der Waals surface area contributed by atoms with E-state index >= 15 is 0 Å². The van der Waals surface area contributed by atoms with Gasteiger partial charge in [0.1, 0.15) is 5.82 Å². The number of benzene rings is 3. The number of carbonyl (C=O) groups excluding carboxylic acids is 1. The molecule has 0 bridgehead atoms. The fraction of sp³-hybridized carbons (Fsp3) is 0.0435. The quantitative estimate of drug-likeness (QED) is 0.340. The van der Waals surface area contributed by atoms with Crippen molar-refractivity contribution in [3.63, 3.8) is 0 Å². The maximum atomic E-state index is 13.2. The predicted molar refractivity (Wildman–Crippen MR) is 123 cm³/mol. The standard InChI is InChI=1S/C23H15Cl3FN3O/c1-13-21(23(31)28-18-9-7-17(27)8-10-18)29-30(20-11-6-16(25)12-19(20)26)22(13)14-2-4-15(24)5-3-14/h2-12H,1H3,(H,28,31). The van der Waals surface area contributed by atoms with E-state index < -0.39 is 5.91 Å². The van der Waals surface area contributed by atoms with Crippen LogP contribution < -0.4 is 5.32 Å². The second-order valence-electron chi connectivity index (χ2n) is 6.80. The van der Waals surface area contributed by atoms with Gasteiger partial charge in [0.25, 0.3) is 5.91 Å². The maximum absolute atomic E-state index is 13.2. The minimum absolute atomic E-state index is 0.209. The first kappa shape index (κ1) is 21.4. The normalized spacial score (nSPS) is 10.9. The van der Waals surface area contributed by atoms with Gasteiger partial charge in [0.15, 0.2) is 5.69 Å². The van der Waals surface area contributed by atoms with E-state index in [4.69, 9.17) is 34.8 Å². The lowest BCUT2D eigenvalue weighted by Crippen LogP contribution is -2.14. The summed E-state index contributed by atoms with van der Waals surface area (Å²) in [5.41, 5.74) is 3.37. The van der Waals surface area contributed by atoms with Gasteiger partial charge in [-0.3, -0.25) is 4.79 Å². The highest BCUT2D eigenvalue weighted by molar-refractivity contribution is 6.35. The lowest BCUT2D eigenvalue weighted by atomic mass is 10.1. The molecule has 0 fully saturated rings. The third-order valence-corrected chi connectivity index (χ3v) is 5.48. The van der Waals surface area contributed by atoms with Crippen LogP contribution in [0.15, 0.2) is 66.7 Å². The van der Waals surface area contributed by atoms with Gasteiger partial charge in [-0.2, -0.15) is 5.10 Å². The topological polar surface area (TPSA) is 46.9 Å². The van der Waals surface area contributed by atoms with Crippen LogP contribution in [0.25, 0.3) is 16.9 Å². The third-order valence-electron chi connectivity index (χ3n) is 4.69. The molecule has 0 saturated carbocycles. The molecule has 3 aromatic carbocycles. The first-order valence-electron chi connectivity index (χ1n) is 9.21. The number of anilines is 1. The summed E-state index contributed by atoms with van der Waals surface area (Å²) in [7, 11) is 0. The number of rotatable bonds is 4. The van der Waals surface area contributed by atoms with Gasteiger partial charge in [-0.1, -0.05) is 46.9 Å². The first-order chi connectivity index (χ1) is 14.8. The number of hydrogen-bond donors (Lipinski definition) is 1. The van der Waals surface area contributed by atoms with E-state index in [1.165, 1.54) is 24.3 Å². The molecule has 0 aliphatic heterocycles. The van der Waals surface area contributed by atoms with Crippen molar-refractivity contribution in [1.82, 2.24) is 9.78 Å². The van der Waals surface area contributed by atoms with Crippen LogP contribution in [-0.2, 0) is 0 Å². The van der Waals surface area contributed by atoms with Crippen molar-refractivity contribution in [1.29, 1.82) is 0 Å². The Kier molecular flexibility index (Phi) is 6.01. The molecule has 4 rings (SSSR count). The van der Waals surface area contributed by atoms with Crippen molar-refractivity contribution in [2.24, 2.45) is 0 Å². The van der Waals surface area contributed by atoms with Crippen LogP contribution in [0.1, 0.15) is 16.1 Å². The van der Waals surface area contributed by atoms with Gasteiger partial charge in [0.2, 0.25) is 0 Å². The van der Waals surface area contributed by atoms with Gasteiger partial charge >= 0.3 is 0 Å². The van der Waals surface area contributed by atoms with Gasteiger partial charge in [0, 0.05) is 26.9 Å². The van der Waals surface area contributed by atoms with E-state index in [2.05, 4.69) is 10.4 Å². The van der Waals surface area contributed by atoms with Crippen LogP contribution in [0, 0.1) is 12.7 Å². The van der Waals surface area contributed by atoms with E-state index in [-0.39, 0.29) is 11.5 Å². The van der Waals surface area contributed by atoms with Crippen molar-refractivity contribution in [2.75, 3.05) is 5.32 Å². The predicted octanol–water partition coefficient (Wildman–Crippen LogP) is 7.20. The third kappa shape index (κ3) is 4.44. The van der Waals surface area contributed by atoms with Crippen molar-refractivity contribution in [3.05, 3.63) is 98.9 Å². The fourth-order valence-electron chi connectivity index (χ4n) is 3.21. The van der Waals surface area contributed by atoms with Crippen LogP contribution in [0.4, 0.5) is 10.1 Å². The number of aromatic nitrogens is 2. The van der Waals surface area contributed by atoms with E-state index in [1.807, 2.05) is 12.1 Å². The average molecular weight is 475 g/mol. The SMILES string of the molecule is Cc1c(C(=O)Nc2ccc(F)cc2)nn(-c2ccc(Cl)cc2Cl)c1-c1ccc(Cl)cc1. The van der Waals surface area contributed by atoms with Crippen molar-refractivity contribution in [2.45, 2.75) is 6.92 Å². The Labute approximate surface area is 193 Å².